The molecule has 4 aromatic rings. The lowest BCUT2D eigenvalue weighted by Gasteiger charge is -2.38. The van der Waals surface area contributed by atoms with Gasteiger partial charge in [-0.15, -0.1) is 0 Å². The lowest BCUT2D eigenvalue weighted by Crippen LogP contribution is -2.46. The van der Waals surface area contributed by atoms with Crippen LogP contribution < -0.4 is 10.1 Å². The number of aliphatic hydroxyl groups excluding tert-OH is 2. The van der Waals surface area contributed by atoms with Crippen LogP contribution in [0.25, 0.3) is 21.5 Å². The first-order chi connectivity index (χ1) is 29.3. The first kappa shape index (κ1) is 45.3. The lowest BCUT2D eigenvalue weighted by atomic mass is 9.78. The molecule has 0 fully saturated rings. The largest absolute Gasteiger partial charge is 0.507 e. The molecule has 0 aromatic heterocycles. The maximum absolute atomic E-state index is 14.5. The molecule has 9 unspecified atom stereocenters. The highest BCUT2D eigenvalue weighted by Crippen LogP contribution is 2.55. The fourth-order valence-electron chi connectivity index (χ4n) is 8.27. The summed E-state index contributed by atoms with van der Waals surface area (Å²) in [5, 5.41) is 62.6. The molecule has 3 heterocycles. The zero-order chi connectivity index (χ0) is 45.4. The number of phenolic OH excluding ortho intramolecular Hbond substituents is 3. The van der Waals surface area contributed by atoms with Crippen molar-refractivity contribution in [2.75, 3.05) is 12.4 Å². The van der Waals surface area contributed by atoms with E-state index in [-0.39, 0.29) is 44.5 Å². The molecule has 328 valence electrons. The molecule has 3 aliphatic rings. The van der Waals surface area contributed by atoms with Crippen LogP contribution in [0.5, 0.6) is 23.0 Å². The first-order valence-corrected chi connectivity index (χ1v) is 20.4. The number of nitrogens with one attached hydrogen (secondary N) is 1. The second-order valence-corrected chi connectivity index (χ2v) is 16.4. The van der Waals surface area contributed by atoms with E-state index in [9.17, 15) is 39.9 Å². The predicted molar refractivity (Wildman–Crippen MR) is 235 cm³/mol. The number of amides is 1. The predicted octanol–water partition coefficient (Wildman–Crippen LogP) is 7.66. The summed E-state index contributed by atoms with van der Waals surface area (Å²) in [5.74, 6) is -8.55. The number of methoxy groups -OCH3 is 1. The molecule has 0 saturated carbocycles. The van der Waals surface area contributed by atoms with E-state index >= 15 is 0 Å². The van der Waals surface area contributed by atoms with Gasteiger partial charge in [0.25, 0.3) is 11.7 Å². The minimum atomic E-state index is -2.07. The van der Waals surface area contributed by atoms with Crippen molar-refractivity contribution in [3.8, 4) is 23.0 Å². The van der Waals surface area contributed by atoms with E-state index in [4.69, 9.17) is 18.9 Å². The van der Waals surface area contributed by atoms with E-state index in [0.717, 1.165) is 10.8 Å². The summed E-state index contributed by atoms with van der Waals surface area (Å²) in [6, 6.07) is 13.1. The van der Waals surface area contributed by atoms with Crippen LogP contribution in [0.15, 0.2) is 83.6 Å². The zero-order valence-electron chi connectivity index (χ0n) is 36.2. The Labute approximate surface area is 359 Å². The minimum absolute atomic E-state index is 0.0409. The molecule has 0 saturated heterocycles. The van der Waals surface area contributed by atoms with E-state index in [1.165, 1.54) is 59.4 Å². The van der Waals surface area contributed by atoms with Crippen LogP contribution in [0.4, 0.5) is 11.4 Å². The quantitative estimate of drug-likeness (QED) is 0.0506. The lowest BCUT2D eigenvalue weighted by molar-refractivity contribution is -0.160. The Bertz CT molecular complexity index is 2540. The number of hydrogen-bond donors (Lipinski definition) is 6. The maximum Gasteiger partial charge on any atom is 0.312 e. The molecule has 5 bridgehead atoms. The van der Waals surface area contributed by atoms with Crippen LogP contribution in [0.1, 0.15) is 70.0 Å². The Morgan fingerprint density at radius 1 is 0.887 bits per heavy atom. The highest BCUT2D eigenvalue weighted by molar-refractivity contribution is 6.24. The van der Waals surface area contributed by atoms with Crippen molar-refractivity contribution in [3.05, 3.63) is 95.3 Å². The molecule has 0 spiro atoms. The number of allylic oxidation sites excluding steroid dienone is 2. The van der Waals surface area contributed by atoms with Crippen molar-refractivity contribution in [1.82, 2.24) is 0 Å². The molecule has 7 rings (SSSR count). The summed E-state index contributed by atoms with van der Waals surface area (Å²) in [6.07, 6.45) is 4.74. The van der Waals surface area contributed by atoms with Crippen molar-refractivity contribution < 1.29 is 58.9 Å². The summed E-state index contributed by atoms with van der Waals surface area (Å²) < 4.78 is 23.6. The van der Waals surface area contributed by atoms with Gasteiger partial charge in [-0.1, -0.05) is 76.3 Å². The third-order valence-corrected chi connectivity index (χ3v) is 12.1. The smallest absolute Gasteiger partial charge is 0.312 e. The molecule has 4 aromatic carbocycles. The van der Waals surface area contributed by atoms with Crippen molar-refractivity contribution in [3.63, 3.8) is 0 Å². The van der Waals surface area contributed by atoms with Gasteiger partial charge in [0.2, 0.25) is 0 Å². The van der Waals surface area contributed by atoms with Crippen LogP contribution >= 0.6 is 0 Å². The number of aromatic hydroxyl groups is 3. The Kier molecular flexibility index (Phi) is 13.2. The van der Waals surface area contributed by atoms with Gasteiger partial charge in [-0.2, -0.15) is 0 Å². The summed E-state index contributed by atoms with van der Waals surface area (Å²) in [5.41, 5.74) is -0.0152. The van der Waals surface area contributed by atoms with E-state index in [1.54, 1.807) is 45.9 Å². The number of hydrogen-bond acceptors (Lipinski definition) is 13. The van der Waals surface area contributed by atoms with E-state index in [1.807, 2.05) is 36.4 Å². The first-order valence-electron chi connectivity index (χ1n) is 20.4. The summed E-state index contributed by atoms with van der Waals surface area (Å²) >= 11 is 0. The number of anilines is 1. The summed E-state index contributed by atoms with van der Waals surface area (Å²) in [7, 11) is 1.43. The second-order valence-electron chi connectivity index (χ2n) is 16.4. The molecule has 6 N–H and O–H groups in total. The molecule has 0 radical (unpaired) electrons. The van der Waals surface area contributed by atoms with Gasteiger partial charge < -0.3 is 49.8 Å². The van der Waals surface area contributed by atoms with E-state index in [0.29, 0.717) is 5.69 Å². The molecule has 0 aliphatic carbocycles. The highest BCUT2D eigenvalue weighted by atomic mass is 16.7. The number of benzene rings is 4. The Balaban J connectivity index is 1.54. The van der Waals surface area contributed by atoms with Crippen LogP contribution in [-0.2, 0) is 23.8 Å². The van der Waals surface area contributed by atoms with E-state index < -0.39 is 88.8 Å². The number of fused-ring (bicyclic) bond motifs is 15. The Morgan fingerprint density at radius 3 is 2.26 bits per heavy atom. The molecular weight excluding hydrogens is 797 g/mol. The Hall–Kier alpha value is -6.22. The molecule has 62 heavy (non-hydrogen) atoms. The molecule has 14 heteroatoms. The average molecular weight is 851 g/mol. The summed E-state index contributed by atoms with van der Waals surface area (Å²) in [6.45, 7) is 12.5. The summed E-state index contributed by atoms with van der Waals surface area (Å²) in [4.78, 5) is 45.3. The number of Topliss-reactive ketones (excluding diaryl/α,β-unsaturated/α-hetero) is 1. The van der Waals surface area contributed by atoms with Crippen LogP contribution in [0.3, 0.4) is 0 Å². The van der Waals surface area contributed by atoms with Crippen LogP contribution in [0.2, 0.25) is 0 Å². The molecule has 3 aliphatic heterocycles. The van der Waals surface area contributed by atoms with Crippen LogP contribution in [-0.4, -0.2) is 86.7 Å². The van der Waals surface area contributed by atoms with Crippen molar-refractivity contribution >= 4 is 56.8 Å². The normalized spacial score (nSPS) is 27.9. The number of rotatable bonds is 4. The topological polar surface area (TPSA) is 214 Å². The number of aliphatic hydroxyl groups is 2. The SMILES string of the molecule is COC1/C=C\OC2(C)Oc3c(C)c(O)c4c(O)c(c(C=Nc5ccc6ccccc6c5)c(O)c4c3C2=O)NC(=O)C(C)=CC=CC(C)C(O)C(C)C(O)C(C)C(OC(C)=O)C1C. The van der Waals surface area contributed by atoms with Gasteiger partial charge in [0.05, 0.1) is 52.5 Å². The number of ketones is 1. The van der Waals surface area contributed by atoms with E-state index in [2.05, 4.69) is 10.3 Å². The number of esters is 1. The average Bonchev–Trinajstić information content (AvgIpc) is 3.51. The number of aliphatic imine (C=N–C) groups is 1. The van der Waals surface area contributed by atoms with Gasteiger partial charge in [0, 0.05) is 67.4 Å². The molecule has 14 nitrogen and oxygen atoms in total. The fraction of sp³-hybridized carbons (Fsp3) is 0.375. The van der Waals surface area contributed by atoms with Gasteiger partial charge in [0.1, 0.15) is 23.4 Å². The van der Waals surface area contributed by atoms with Gasteiger partial charge in [-0.05, 0) is 42.8 Å². The third-order valence-electron chi connectivity index (χ3n) is 12.1. The number of phenols is 3. The third kappa shape index (κ3) is 8.50. The number of carbonyl (C=O) groups is 3. The molecule has 1 amide bonds. The minimum Gasteiger partial charge on any atom is -0.507 e. The second kappa shape index (κ2) is 18.0. The van der Waals surface area contributed by atoms with Crippen molar-refractivity contribution in [2.24, 2.45) is 28.7 Å². The Morgan fingerprint density at radius 2 is 1.58 bits per heavy atom. The zero-order valence-corrected chi connectivity index (χ0v) is 36.2. The number of nitrogens with zero attached hydrogens (tertiary/aromatic N) is 1. The van der Waals surface area contributed by atoms with Gasteiger partial charge in [-0.25, -0.2) is 0 Å². The van der Waals surface area contributed by atoms with Gasteiger partial charge in [-0.3, -0.25) is 19.4 Å². The fourth-order valence-corrected chi connectivity index (χ4v) is 8.27. The highest BCUT2D eigenvalue weighted by Gasteiger charge is 2.50. The molecular formula is C48H54N2O12. The number of ether oxygens (including phenoxy) is 4. The molecule has 9 atom stereocenters. The van der Waals surface area contributed by atoms with Gasteiger partial charge in [0.15, 0.2) is 5.75 Å². The van der Waals surface area contributed by atoms with Crippen molar-refractivity contribution in [1.29, 1.82) is 0 Å². The standard InChI is InChI=1S/C48H54N2O12/c1-23-13-12-14-24(2)47(58)50-38-33(22-49-32-18-17-30-15-10-11-16-31(30)21-32)42(55)35-36(43(38)56)41(54)28(6)45-37(35)46(57)48(8,62-45)60-20-19-34(59-9)25(3)44(61-29(7)51)27(5)40(53)26(4)39(23)52/h10-23,25-27,34,39-40,44,52-56H,1-9H3,(H,50,58)/b13-12?,20-19-,24-14?,49-22?. The maximum atomic E-state index is 14.5. The van der Waals surface area contributed by atoms with Gasteiger partial charge >= 0.3 is 11.8 Å². The van der Waals surface area contributed by atoms with Crippen molar-refractivity contribution in [2.45, 2.75) is 85.6 Å². The van der Waals surface area contributed by atoms with Crippen LogP contribution in [0, 0.1) is 30.6 Å². The monoisotopic (exact) mass is 850 g/mol. The number of carbonyl (C=O) groups excluding carboxylic acids is 3.